The molecule has 0 unspecified atom stereocenters. The summed E-state index contributed by atoms with van der Waals surface area (Å²) in [5.74, 6) is 2.02. The number of hydrazone groups is 1. The van der Waals surface area contributed by atoms with Gasteiger partial charge in [-0.2, -0.15) is 5.10 Å². The van der Waals surface area contributed by atoms with Gasteiger partial charge in [0.15, 0.2) is 11.6 Å². The Morgan fingerprint density at radius 3 is 2.61 bits per heavy atom. The first-order chi connectivity index (χ1) is 13.6. The molecular formula is C22H24N4O2. The summed E-state index contributed by atoms with van der Waals surface area (Å²) in [6, 6.07) is 15.0. The molecule has 1 heterocycles. The van der Waals surface area contributed by atoms with Gasteiger partial charge in [0.25, 0.3) is 0 Å². The Kier molecular flexibility index (Phi) is 6.22. The molecule has 0 fully saturated rings. The summed E-state index contributed by atoms with van der Waals surface area (Å²) in [6.07, 6.45) is 2.47. The molecule has 6 nitrogen and oxygen atoms in total. The number of aromatic nitrogens is 2. The van der Waals surface area contributed by atoms with Gasteiger partial charge in [-0.15, -0.1) is 0 Å². The van der Waals surface area contributed by atoms with Crippen LogP contribution in [0.5, 0.6) is 11.5 Å². The summed E-state index contributed by atoms with van der Waals surface area (Å²) in [7, 11) is 0. The van der Waals surface area contributed by atoms with E-state index < -0.39 is 0 Å². The molecule has 28 heavy (non-hydrogen) atoms. The van der Waals surface area contributed by atoms with Crippen molar-refractivity contribution in [1.82, 2.24) is 9.97 Å². The number of nitrogens with one attached hydrogen (secondary N) is 1. The third kappa shape index (κ3) is 4.65. The molecule has 0 bridgehead atoms. The Bertz CT molecular complexity index is 972. The van der Waals surface area contributed by atoms with Crippen molar-refractivity contribution in [2.24, 2.45) is 5.10 Å². The molecule has 0 saturated heterocycles. The standard InChI is InChI=1S/C22H24N4O2/c1-4-12-28-19-11-10-18(20(27)13-19)14-23-26-21-15(2)16(3)24-22(25-21)17-8-6-5-7-9-17/h5-11,13-14,27H,4,12H2,1-3H3,(H,24,25,26). The number of benzene rings is 2. The van der Waals surface area contributed by atoms with Crippen molar-refractivity contribution in [3.63, 3.8) is 0 Å². The van der Waals surface area contributed by atoms with E-state index in [-0.39, 0.29) is 5.75 Å². The minimum Gasteiger partial charge on any atom is -0.507 e. The van der Waals surface area contributed by atoms with Crippen LogP contribution in [0.2, 0.25) is 0 Å². The molecular weight excluding hydrogens is 352 g/mol. The fourth-order valence-electron chi connectivity index (χ4n) is 2.56. The topological polar surface area (TPSA) is 79.6 Å². The molecule has 0 saturated carbocycles. The first kappa shape index (κ1) is 19.4. The Morgan fingerprint density at radius 2 is 1.89 bits per heavy atom. The number of phenols is 1. The van der Waals surface area contributed by atoms with Gasteiger partial charge < -0.3 is 9.84 Å². The summed E-state index contributed by atoms with van der Waals surface area (Å²) < 4.78 is 5.51. The van der Waals surface area contributed by atoms with Crippen LogP contribution in [0.4, 0.5) is 5.82 Å². The third-order valence-electron chi connectivity index (χ3n) is 4.27. The van der Waals surface area contributed by atoms with Crippen LogP contribution in [0.25, 0.3) is 11.4 Å². The predicted molar refractivity (Wildman–Crippen MR) is 112 cm³/mol. The van der Waals surface area contributed by atoms with Gasteiger partial charge in [-0.3, -0.25) is 5.43 Å². The summed E-state index contributed by atoms with van der Waals surface area (Å²) in [5.41, 5.74) is 6.30. The number of anilines is 1. The number of ether oxygens (including phenoxy) is 1. The Hall–Kier alpha value is -3.41. The second-order valence-electron chi connectivity index (χ2n) is 6.41. The highest BCUT2D eigenvalue weighted by Crippen LogP contribution is 2.23. The van der Waals surface area contributed by atoms with Crippen LogP contribution in [0.1, 0.15) is 30.2 Å². The van der Waals surface area contributed by atoms with Gasteiger partial charge in [-0.1, -0.05) is 37.3 Å². The fourth-order valence-corrected chi connectivity index (χ4v) is 2.56. The quantitative estimate of drug-likeness (QED) is 0.461. The zero-order valence-electron chi connectivity index (χ0n) is 16.3. The molecule has 0 aliphatic carbocycles. The summed E-state index contributed by atoms with van der Waals surface area (Å²) in [4.78, 5) is 9.15. The molecule has 0 amide bonds. The number of aromatic hydroxyl groups is 1. The average molecular weight is 376 g/mol. The van der Waals surface area contributed by atoms with Gasteiger partial charge in [-0.05, 0) is 32.4 Å². The fraction of sp³-hybridized carbons (Fsp3) is 0.227. The minimum atomic E-state index is 0.111. The van der Waals surface area contributed by atoms with Crippen molar-refractivity contribution in [3.05, 3.63) is 65.4 Å². The highest BCUT2D eigenvalue weighted by molar-refractivity contribution is 5.84. The Labute approximate surface area is 164 Å². The zero-order valence-corrected chi connectivity index (χ0v) is 16.3. The van der Waals surface area contributed by atoms with Crippen LogP contribution in [-0.2, 0) is 0 Å². The summed E-state index contributed by atoms with van der Waals surface area (Å²) in [6.45, 7) is 6.54. The second-order valence-corrected chi connectivity index (χ2v) is 6.41. The maximum Gasteiger partial charge on any atom is 0.161 e. The highest BCUT2D eigenvalue weighted by Gasteiger charge is 2.09. The lowest BCUT2D eigenvalue weighted by Gasteiger charge is -2.10. The van der Waals surface area contributed by atoms with Gasteiger partial charge in [0.05, 0.1) is 12.8 Å². The van der Waals surface area contributed by atoms with E-state index >= 15 is 0 Å². The number of hydrogen-bond donors (Lipinski definition) is 2. The monoisotopic (exact) mass is 376 g/mol. The third-order valence-corrected chi connectivity index (χ3v) is 4.27. The van der Waals surface area contributed by atoms with Gasteiger partial charge in [0, 0.05) is 28.5 Å². The van der Waals surface area contributed by atoms with E-state index in [1.54, 1.807) is 18.3 Å². The molecule has 144 valence electrons. The lowest BCUT2D eigenvalue weighted by atomic mass is 10.2. The van der Waals surface area contributed by atoms with Gasteiger partial charge in [0.1, 0.15) is 11.5 Å². The Balaban J connectivity index is 1.78. The van der Waals surface area contributed by atoms with Crippen molar-refractivity contribution in [2.75, 3.05) is 12.0 Å². The van der Waals surface area contributed by atoms with Gasteiger partial charge in [0.2, 0.25) is 0 Å². The van der Waals surface area contributed by atoms with E-state index in [1.165, 1.54) is 0 Å². The van der Waals surface area contributed by atoms with Gasteiger partial charge in [-0.25, -0.2) is 9.97 Å². The van der Waals surface area contributed by atoms with E-state index in [1.807, 2.05) is 57.2 Å². The first-order valence-electron chi connectivity index (χ1n) is 9.24. The molecule has 2 aromatic carbocycles. The van der Waals surface area contributed by atoms with Crippen molar-refractivity contribution < 1.29 is 9.84 Å². The predicted octanol–water partition coefficient (Wildman–Crippen LogP) is 4.70. The van der Waals surface area contributed by atoms with Crippen LogP contribution in [0, 0.1) is 13.8 Å². The maximum atomic E-state index is 10.2. The lowest BCUT2D eigenvalue weighted by molar-refractivity contribution is 0.315. The second kappa shape index (κ2) is 8.99. The minimum absolute atomic E-state index is 0.111. The number of nitrogens with zero attached hydrogens (tertiary/aromatic N) is 3. The molecule has 3 aromatic rings. The summed E-state index contributed by atoms with van der Waals surface area (Å²) in [5, 5.41) is 14.4. The molecule has 1 aromatic heterocycles. The molecule has 0 spiro atoms. The number of hydrogen-bond acceptors (Lipinski definition) is 6. The SMILES string of the molecule is CCCOc1ccc(C=NNc2nc(-c3ccccc3)nc(C)c2C)c(O)c1. The van der Waals surface area contributed by atoms with Gasteiger partial charge >= 0.3 is 0 Å². The van der Waals surface area contributed by atoms with Crippen molar-refractivity contribution in [3.8, 4) is 22.9 Å². The lowest BCUT2D eigenvalue weighted by Crippen LogP contribution is -2.03. The highest BCUT2D eigenvalue weighted by atomic mass is 16.5. The van der Waals surface area contributed by atoms with Crippen LogP contribution in [0.3, 0.4) is 0 Å². The Morgan fingerprint density at radius 1 is 1.11 bits per heavy atom. The largest absolute Gasteiger partial charge is 0.507 e. The van der Waals surface area contributed by atoms with Crippen molar-refractivity contribution in [1.29, 1.82) is 0 Å². The normalized spacial score (nSPS) is 11.0. The number of phenolic OH excluding ortho intramolecular Hbond substituents is 1. The molecule has 0 aliphatic heterocycles. The van der Waals surface area contributed by atoms with E-state index in [9.17, 15) is 5.11 Å². The number of rotatable bonds is 7. The van der Waals surface area contributed by atoms with E-state index in [0.717, 1.165) is 23.2 Å². The zero-order chi connectivity index (χ0) is 19.9. The van der Waals surface area contributed by atoms with E-state index in [2.05, 4.69) is 20.5 Å². The molecule has 6 heteroatoms. The van der Waals surface area contributed by atoms with E-state index in [4.69, 9.17) is 4.74 Å². The smallest absolute Gasteiger partial charge is 0.161 e. The molecule has 2 N–H and O–H groups in total. The van der Waals surface area contributed by atoms with Crippen LogP contribution >= 0.6 is 0 Å². The van der Waals surface area contributed by atoms with E-state index in [0.29, 0.717) is 29.6 Å². The maximum absolute atomic E-state index is 10.2. The average Bonchev–Trinajstić information content (AvgIpc) is 2.71. The van der Waals surface area contributed by atoms with Crippen LogP contribution in [-0.4, -0.2) is 27.9 Å². The molecule has 3 rings (SSSR count). The summed E-state index contributed by atoms with van der Waals surface area (Å²) >= 11 is 0. The van der Waals surface area contributed by atoms with Crippen LogP contribution < -0.4 is 10.2 Å². The van der Waals surface area contributed by atoms with Crippen molar-refractivity contribution >= 4 is 12.0 Å². The molecule has 0 atom stereocenters. The van der Waals surface area contributed by atoms with Crippen molar-refractivity contribution in [2.45, 2.75) is 27.2 Å². The van der Waals surface area contributed by atoms with Crippen LogP contribution in [0.15, 0.2) is 53.6 Å². The first-order valence-corrected chi connectivity index (χ1v) is 9.24. The molecule has 0 radical (unpaired) electrons. The number of aryl methyl sites for hydroxylation is 1. The molecule has 0 aliphatic rings.